The molecule has 1 N–H and O–H groups in total. The van der Waals surface area contributed by atoms with Crippen LogP contribution < -0.4 is 4.72 Å². The van der Waals surface area contributed by atoms with Gasteiger partial charge >= 0.3 is 0 Å². The van der Waals surface area contributed by atoms with Gasteiger partial charge in [0.05, 0.1) is 5.02 Å². The zero-order valence-corrected chi connectivity index (χ0v) is 12.4. The normalized spacial score (nSPS) is 16.9. The van der Waals surface area contributed by atoms with Crippen molar-refractivity contribution in [1.29, 1.82) is 0 Å². The van der Waals surface area contributed by atoms with Gasteiger partial charge in [-0.15, -0.1) is 0 Å². The van der Waals surface area contributed by atoms with Crippen molar-refractivity contribution in [2.45, 2.75) is 37.1 Å². The SMILES string of the molecule is CC(C)(NS(=O)(=O)c1cnc(Cl)c(Cl)c1)C1CC1. The molecule has 1 fully saturated rings. The molecule has 2 rings (SSSR count). The predicted octanol–water partition coefficient (Wildman–Crippen LogP) is 2.86. The van der Waals surface area contributed by atoms with E-state index in [0.717, 1.165) is 12.8 Å². The molecule has 1 aliphatic rings. The minimum absolute atomic E-state index is 0.0330. The first-order valence-electron chi connectivity index (χ1n) is 5.57. The van der Waals surface area contributed by atoms with Crippen molar-refractivity contribution < 1.29 is 8.42 Å². The van der Waals surface area contributed by atoms with Crippen LogP contribution >= 0.6 is 23.2 Å². The van der Waals surface area contributed by atoms with E-state index in [4.69, 9.17) is 23.2 Å². The molecule has 1 aromatic heterocycles. The summed E-state index contributed by atoms with van der Waals surface area (Å²) in [6, 6.07) is 1.31. The first-order valence-corrected chi connectivity index (χ1v) is 7.81. The van der Waals surface area contributed by atoms with Crippen molar-refractivity contribution in [3.63, 3.8) is 0 Å². The van der Waals surface area contributed by atoms with Crippen LogP contribution in [-0.2, 0) is 10.0 Å². The van der Waals surface area contributed by atoms with Crippen molar-refractivity contribution in [2.75, 3.05) is 0 Å². The summed E-state index contributed by atoms with van der Waals surface area (Å²) in [5, 5.41) is 0.223. The van der Waals surface area contributed by atoms with Gasteiger partial charge in [0.15, 0.2) is 0 Å². The van der Waals surface area contributed by atoms with E-state index in [0.29, 0.717) is 5.92 Å². The molecule has 1 saturated carbocycles. The maximum absolute atomic E-state index is 12.2. The lowest BCUT2D eigenvalue weighted by Crippen LogP contribution is -2.45. The molecule has 1 aliphatic carbocycles. The molecule has 0 saturated heterocycles. The number of sulfonamides is 1. The van der Waals surface area contributed by atoms with Gasteiger partial charge in [-0.25, -0.2) is 18.1 Å². The van der Waals surface area contributed by atoms with Crippen molar-refractivity contribution in [3.05, 3.63) is 22.4 Å². The van der Waals surface area contributed by atoms with Crippen molar-refractivity contribution in [2.24, 2.45) is 5.92 Å². The van der Waals surface area contributed by atoms with E-state index in [1.165, 1.54) is 12.3 Å². The summed E-state index contributed by atoms with van der Waals surface area (Å²) < 4.78 is 27.1. The van der Waals surface area contributed by atoms with E-state index in [9.17, 15) is 8.42 Å². The van der Waals surface area contributed by atoms with Gasteiger partial charge < -0.3 is 0 Å². The fourth-order valence-corrected chi connectivity index (χ4v) is 3.62. The highest BCUT2D eigenvalue weighted by molar-refractivity contribution is 7.89. The molecule has 0 unspecified atom stereocenters. The molecule has 1 heterocycles. The highest BCUT2D eigenvalue weighted by atomic mass is 35.5. The fraction of sp³-hybridized carbons (Fsp3) is 0.545. The van der Waals surface area contributed by atoms with E-state index >= 15 is 0 Å². The Morgan fingerprint density at radius 1 is 1.39 bits per heavy atom. The smallest absolute Gasteiger partial charge is 0.242 e. The molecule has 0 amide bonds. The number of hydrogen-bond donors (Lipinski definition) is 1. The standard InChI is InChI=1S/C11H14Cl2N2O2S/c1-11(2,7-3-4-7)15-18(16,17)8-5-9(12)10(13)14-6-8/h5-7,15H,3-4H2,1-2H3. The van der Waals surface area contributed by atoms with Crippen molar-refractivity contribution in [3.8, 4) is 0 Å². The topological polar surface area (TPSA) is 59.1 Å². The summed E-state index contributed by atoms with van der Waals surface area (Å²) in [4.78, 5) is 3.78. The Bertz CT molecular complexity index is 568. The Morgan fingerprint density at radius 2 is 2.00 bits per heavy atom. The van der Waals surface area contributed by atoms with Crippen molar-refractivity contribution in [1.82, 2.24) is 9.71 Å². The summed E-state index contributed by atoms with van der Waals surface area (Å²) in [6.07, 6.45) is 3.31. The number of nitrogens with one attached hydrogen (secondary N) is 1. The summed E-state index contributed by atoms with van der Waals surface area (Å²) in [6.45, 7) is 3.76. The molecule has 18 heavy (non-hydrogen) atoms. The average molecular weight is 309 g/mol. The van der Waals surface area contributed by atoms with Gasteiger partial charge in [-0.3, -0.25) is 0 Å². The second kappa shape index (κ2) is 4.63. The third-order valence-corrected chi connectivity index (χ3v) is 5.40. The van der Waals surface area contributed by atoms with E-state index in [2.05, 4.69) is 9.71 Å². The van der Waals surface area contributed by atoms with Crippen LogP contribution in [0.4, 0.5) is 0 Å². The Balaban J connectivity index is 2.27. The Morgan fingerprint density at radius 3 is 2.50 bits per heavy atom. The van der Waals surface area contributed by atoms with E-state index in [1.807, 2.05) is 13.8 Å². The molecule has 0 spiro atoms. The number of nitrogens with zero attached hydrogens (tertiary/aromatic N) is 1. The Kier molecular flexibility index (Phi) is 3.62. The van der Waals surface area contributed by atoms with Crippen molar-refractivity contribution >= 4 is 33.2 Å². The van der Waals surface area contributed by atoms with Gasteiger partial charge in [0.2, 0.25) is 10.0 Å². The Labute approximate surface area is 117 Å². The average Bonchev–Trinajstić information content (AvgIpc) is 3.03. The lowest BCUT2D eigenvalue weighted by molar-refractivity contribution is 0.400. The second-order valence-corrected chi connectivity index (χ2v) is 7.49. The Hall–Kier alpha value is -0.360. The maximum Gasteiger partial charge on any atom is 0.242 e. The molecule has 0 atom stereocenters. The predicted molar refractivity (Wildman–Crippen MR) is 71.4 cm³/mol. The number of halogens is 2. The molecule has 0 aliphatic heterocycles. The molecule has 0 radical (unpaired) electrons. The van der Waals surface area contributed by atoms with E-state index < -0.39 is 15.6 Å². The largest absolute Gasteiger partial charge is 0.242 e. The zero-order chi connectivity index (χ0) is 13.6. The van der Waals surface area contributed by atoms with E-state index in [-0.39, 0.29) is 15.1 Å². The van der Waals surface area contributed by atoms with Crippen LogP contribution in [0.2, 0.25) is 10.2 Å². The van der Waals surface area contributed by atoms with Gasteiger partial charge in [-0.2, -0.15) is 0 Å². The number of aromatic nitrogens is 1. The summed E-state index contributed by atoms with van der Waals surface area (Å²) >= 11 is 11.4. The quantitative estimate of drug-likeness (QED) is 0.870. The number of pyridine rings is 1. The fourth-order valence-electron chi connectivity index (χ4n) is 1.84. The lowest BCUT2D eigenvalue weighted by atomic mass is 10.0. The first-order chi connectivity index (χ1) is 8.22. The first kappa shape index (κ1) is 14.1. The molecule has 0 bridgehead atoms. The highest BCUT2D eigenvalue weighted by Gasteiger charge is 2.40. The summed E-state index contributed by atoms with van der Waals surface area (Å²) in [5.74, 6) is 0.392. The molecule has 4 nitrogen and oxygen atoms in total. The molecule has 100 valence electrons. The molecule has 7 heteroatoms. The highest BCUT2D eigenvalue weighted by Crippen LogP contribution is 2.40. The lowest BCUT2D eigenvalue weighted by Gasteiger charge is -2.25. The number of rotatable bonds is 4. The molecular formula is C11H14Cl2N2O2S. The summed E-state index contributed by atoms with van der Waals surface area (Å²) in [7, 11) is -3.62. The summed E-state index contributed by atoms with van der Waals surface area (Å²) in [5.41, 5.74) is -0.453. The van der Waals surface area contributed by atoms with Gasteiger partial charge in [-0.1, -0.05) is 23.2 Å². The van der Waals surface area contributed by atoms with Gasteiger partial charge in [-0.05, 0) is 38.7 Å². The maximum atomic E-state index is 12.2. The number of hydrogen-bond acceptors (Lipinski definition) is 3. The third kappa shape index (κ3) is 2.96. The molecule has 0 aromatic carbocycles. The third-order valence-electron chi connectivity index (χ3n) is 3.08. The van der Waals surface area contributed by atoms with Crippen LogP contribution in [0.1, 0.15) is 26.7 Å². The second-order valence-electron chi connectivity index (χ2n) is 5.05. The minimum Gasteiger partial charge on any atom is -0.242 e. The molecular weight excluding hydrogens is 295 g/mol. The minimum atomic E-state index is -3.62. The van der Waals surface area contributed by atoms with Gasteiger partial charge in [0.25, 0.3) is 0 Å². The van der Waals surface area contributed by atoms with Crippen LogP contribution in [-0.4, -0.2) is 18.9 Å². The van der Waals surface area contributed by atoms with Crippen LogP contribution in [0.5, 0.6) is 0 Å². The van der Waals surface area contributed by atoms with Crippen LogP contribution in [0.25, 0.3) is 0 Å². The van der Waals surface area contributed by atoms with Crippen LogP contribution in [0.15, 0.2) is 17.2 Å². The van der Waals surface area contributed by atoms with Gasteiger partial charge in [0.1, 0.15) is 10.0 Å². The van der Waals surface area contributed by atoms with Crippen LogP contribution in [0, 0.1) is 5.92 Å². The molecule has 1 aromatic rings. The monoisotopic (exact) mass is 308 g/mol. The van der Waals surface area contributed by atoms with Crippen LogP contribution in [0.3, 0.4) is 0 Å². The zero-order valence-electron chi connectivity index (χ0n) is 10.1. The van der Waals surface area contributed by atoms with Gasteiger partial charge in [0, 0.05) is 11.7 Å². The van der Waals surface area contributed by atoms with E-state index in [1.54, 1.807) is 0 Å².